The van der Waals surface area contributed by atoms with Crippen molar-refractivity contribution in [1.29, 1.82) is 0 Å². The van der Waals surface area contributed by atoms with Crippen molar-refractivity contribution in [3.63, 3.8) is 0 Å². The molecule has 0 aliphatic heterocycles. The highest BCUT2D eigenvalue weighted by molar-refractivity contribution is 7.15. The second kappa shape index (κ2) is 8.86. The van der Waals surface area contributed by atoms with E-state index in [4.69, 9.17) is 11.6 Å². The highest BCUT2D eigenvalue weighted by atomic mass is 35.5. The number of rotatable bonds is 8. The fourth-order valence-electron chi connectivity index (χ4n) is 2.05. The summed E-state index contributed by atoms with van der Waals surface area (Å²) >= 11 is 7.28. The Balaban J connectivity index is 1.80. The molecule has 0 bridgehead atoms. The highest BCUT2D eigenvalue weighted by Gasteiger charge is 2.08. The van der Waals surface area contributed by atoms with Gasteiger partial charge in [0.05, 0.1) is 0 Å². The molecule has 0 atom stereocenters. The largest absolute Gasteiger partial charge is 0.301 e. The monoisotopic (exact) mass is 337 g/mol. The van der Waals surface area contributed by atoms with Gasteiger partial charge in [-0.1, -0.05) is 61.3 Å². The van der Waals surface area contributed by atoms with Crippen LogP contribution in [0.5, 0.6) is 0 Å². The average Bonchev–Trinajstić information content (AvgIpc) is 2.93. The van der Waals surface area contributed by atoms with E-state index in [1.54, 1.807) is 0 Å². The molecule has 0 aliphatic rings. The van der Waals surface area contributed by atoms with Crippen molar-refractivity contribution in [1.82, 2.24) is 10.2 Å². The molecule has 0 saturated carbocycles. The van der Waals surface area contributed by atoms with Crippen LogP contribution in [-0.4, -0.2) is 16.1 Å². The lowest BCUT2D eigenvalue weighted by molar-refractivity contribution is -0.116. The molecule has 2 aromatic rings. The molecule has 118 valence electrons. The Morgan fingerprint density at radius 1 is 1.18 bits per heavy atom. The van der Waals surface area contributed by atoms with Gasteiger partial charge in [-0.2, -0.15) is 0 Å². The maximum Gasteiger partial charge on any atom is 0.226 e. The number of nitrogens with one attached hydrogen (secondary N) is 1. The summed E-state index contributed by atoms with van der Waals surface area (Å²) in [6.07, 6.45) is 5.62. The number of amides is 1. The Bertz CT molecular complexity index is 598. The van der Waals surface area contributed by atoms with E-state index >= 15 is 0 Å². The molecule has 2 rings (SSSR count). The third kappa shape index (κ3) is 5.73. The summed E-state index contributed by atoms with van der Waals surface area (Å²) in [7, 11) is 0. The number of hydrogen-bond acceptors (Lipinski definition) is 4. The van der Waals surface area contributed by atoms with E-state index in [1.165, 1.54) is 24.2 Å². The standard InChI is InChI=1S/C16H20ClN3OS/c1-2-3-4-5-6-14(21)18-16-20-19-15(22-16)11-12-7-9-13(17)10-8-12/h7-10H,2-6,11H2,1H3,(H,18,20,21). The zero-order valence-electron chi connectivity index (χ0n) is 12.6. The number of hydrogen-bond donors (Lipinski definition) is 1. The molecule has 1 aromatic carbocycles. The summed E-state index contributed by atoms with van der Waals surface area (Å²) in [5.74, 6) is 0.0188. The van der Waals surface area contributed by atoms with E-state index in [2.05, 4.69) is 22.4 Å². The number of nitrogens with zero attached hydrogens (tertiary/aromatic N) is 2. The molecule has 1 amide bonds. The van der Waals surface area contributed by atoms with Gasteiger partial charge in [-0.15, -0.1) is 10.2 Å². The Kier molecular flexibility index (Phi) is 6.80. The zero-order valence-corrected chi connectivity index (χ0v) is 14.2. The normalized spacial score (nSPS) is 10.6. The molecule has 0 unspecified atom stereocenters. The second-order valence-electron chi connectivity index (χ2n) is 5.16. The molecule has 1 heterocycles. The lowest BCUT2D eigenvalue weighted by atomic mass is 10.1. The predicted molar refractivity (Wildman–Crippen MR) is 91.6 cm³/mol. The van der Waals surface area contributed by atoms with E-state index in [0.29, 0.717) is 18.0 Å². The van der Waals surface area contributed by atoms with Gasteiger partial charge in [-0.3, -0.25) is 4.79 Å². The van der Waals surface area contributed by atoms with Crippen LogP contribution < -0.4 is 5.32 Å². The fourth-order valence-corrected chi connectivity index (χ4v) is 2.96. The third-order valence-electron chi connectivity index (χ3n) is 3.24. The van der Waals surface area contributed by atoms with Crippen LogP contribution in [0.25, 0.3) is 0 Å². The quantitative estimate of drug-likeness (QED) is 0.711. The molecule has 6 heteroatoms. The smallest absolute Gasteiger partial charge is 0.226 e. The lowest BCUT2D eigenvalue weighted by Crippen LogP contribution is -2.10. The number of unbranched alkanes of at least 4 members (excludes halogenated alkanes) is 3. The number of carbonyl (C=O) groups excluding carboxylic acids is 1. The van der Waals surface area contributed by atoms with E-state index in [-0.39, 0.29) is 5.91 Å². The van der Waals surface area contributed by atoms with Gasteiger partial charge in [-0.05, 0) is 24.1 Å². The van der Waals surface area contributed by atoms with Gasteiger partial charge in [0, 0.05) is 17.9 Å². The summed E-state index contributed by atoms with van der Waals surface area (Å²) in [6.45, 7) is 2.16. The predicted octanol–water partition coefficient (Wildman–Crippen LogP) is 4.69. The van der Waals surface area contributed by atoms with Crippen LogP contribution in [0.15, 0.2) is 24.3 Å². The van der Waals surface area contributed by atoms with E-state index in [1.807, 2.05) is 24.3 Å². The molecule has 0 spiro atoms. The van der Waals surface area contributed by atoms with Crippen molar-refractivity contribution < 1.29 is 4.79 Å². The highest BCUT2D eigenvalue weighted by Crippen LogP contribution is 2.20. The summed E-state index contributed by atoms with van der Waals surface area (Å²) in [5.41, 5.74) is 1.12. The van der Waals surface area contributed by atoms with E-state index < -0.39 is 0 Å². The Morgan fingerprint density at radius 3 is 2.68 bits per heavy atom. The number of halogens is 1. The first kappa shape index (κ1) is 16.9. The minimum Gasteiger partial charge on any atom is -0.301 e. The number of anilines is 1. The third-order valence-corrected chi connectivity index (χ3v) is 4.33. The van der Waals surface area contributed by atoms with Crippen LogP contribution in [0.1, 0.15) is 49.6 Å². The first-order valence-corrected chi connectivity index (χ1v) is 8.73. The molecule has 0 aliphatic carbocycles. The maximum absolute atomic E-state index is 11.8. The van der Waals surface area contributed by atoms with Crippen LogP contribution in [-0.2, 0) is 11.2 Å². The van der Waals surface area contributed by atoms with Crippen LogP contribution in [0.3, 0.4) is 0 Å². The summed E-state index contributed by atoms with van der Waals surface area (Å²) in [6, 6.07) is 7.65. The molecule has 0 fully saturated rings. The van der Waals surface area contributed by atoms with Crippen LogP contribution in [0.4, 0.5) is 5.13 Å². The van der Waals surface area contributed by atoms with Crippen molar-refractivity contribution in [2.75, 3.05) is 5.32 Å². The summed E-state index contributed by atoms with van der Waals surface area (Å²) < 4.78 is 0. The van der Waals surface area contributed by atoms with Gasteiger partial charge in [0.25, 0.3) is 0 Å². The van der Waals surface area contributed by atoms with Crippen LogP contribution >= 0.6 is 22.9 Å². The van der Waals surface area contributed by atoms with Crippen molar-refractivity contribution in [3.8, 4) is 0 Å². The molecular weight excluding hydrogens is 318 g/mol. The van der Waals surface area contributed by atoms with Gasteiger partial charge in [0.2, 0.25) is 11.0 Å². The Labute approximate surface area is 139 Å². The minimum atomic E-state index is 0.0188. The van der Waals surface area contributed by atoms with Crippen LogP contribution in [0, 0.1) is 0 Å². The molecule has 4 nitrogen and oxygen atoms in total. The average molecular weight is 338 g/mol. The molecule has 0 radical (unpaired) electrons. The summed E-state index contributed by atoms with van der Waals surface area (Å²) in [4.78, 5) is 11.8. The van der Waals surface area contributed by atoms with Crippen LogP contribution in [0.2, 0.25) is 5.02 Å². The number of benzene rings is 1. The summed E-state index contributed by atoms with van der Waals surface area (Å²) in [5, 5.41) is 13.1. The number of aromatic nitrogens is 2. The first-order chi connectivity index (χ1) is 10.7. The van der Waals surface area contributed by atoms with Gasteiger partial charge in [0.1, 0.15) is 5.01 Å². The zero-order chi connectivity index (χ0) is 15.8. The SMILES string of the molecule is CCCCCCC(=O)Nc1nnc(Cc2ccc(Cl)cc2)s1. The lowest BCUT2D eigenvalue weighted by Gasteiger charge is -2.00. The van der Waals surface area contributed by atoms with Gasteiger partial charge < -0.3 is 5.32 Å². The minimum absolute atomic E-state index is 0.0188. The molecular formula is C16H20ClN3OS. The Hall–Kier alpha value is -1.46. The van der Waals surface area contributed by atoms with Gasteiger partial charge >= 0.3 is 0 Å². The van der Waals surface area contributed by atoms with Crippen molar-refractivity contribution in [3.05, 3.63) is 39.9 Å². The molecule has 1 N–H and O–H groups in total. The fraction of sp³-hybridized carbons (Fsp3) is 0.438. The first-order valence-electron chi connectivity index (χ1n) is 7.54. The molecule has 22 heavy (non-hydrogen) atoms. The van der Waals surface area contributed by atoms with Gasteiger partial charge in [0.15, 0.2) is 0 Å². The molecule has 1 aromatic heterocycles. The van der Waals surface area contributed by atoms with Crippen molar-refractivity contribution in [2.24, 2.45) is 0 Å². The maximum atomic E-state index is 11.8. The van der Waals surface area contributed by atoms with E-state index in [0.717, 1.165) is 28.4 Å². The number of carbonyl (C=O) groups is 1. The topological polar surface area (TPSA) is 54.9 Å². The van der Waals surface area contributed by atoms with Crippen molar-refractivity contribution >= 4 is 34.0 Å². The van der Waals surface area contributed by atoms with Gasteiger partial charge in [-0.25, -0.2) is 0 Å². The van der Waals surface area contributed by atoms with Crippen molar-refractivity contribution in [2.45, 2.75) is 45.4 Å². The Morgan fingerprint density at radius 2 is 1.95 bits per heavy atom. The van der Waals surface area contributed by atoms with E-state index in [9.17, 15) is 4.79 Å². The molecule has 0 saturated heterocycles. The second-order valence-corrected chi connectivity index (χ2v) is 6.66.